The summed E-state index contributed by atoms with van der Waals surface area (Å²) in [6.45, 7) is 14.8. The van der Waals surface area contributed by atoms with E-state index in [0.717, 1.165) is 63.4 Å². The fourth-order valence-corrected chi connectivity index (χ4v) is 7.64. The van der Waals surface area contributed by atoms with E-state index < -0.39 is 0 Å². The van der Waals surface area contributed by atoms with Crippen molar-refractivity contribution in [1.82, 2.24) is 15.3 Å². The lowest BCUT2D eigenvalue weighted by atomic mass is 9.62. The molecule has 1 saturated heterocycles. The van der Waals surface area contributed by atoms with Crippen LogP contribution in [0.25, 0.3) is 0 Å². The van der Waals surface area contributed by atoms with Crippen molar-refractivity contribution in [2.45, 2.75) is 109 Å². The summed E-state index contributed by atoms with van der Waals surface area (Å²) < 4.78 is 11.8. The van der Waals surface area contributed by atoms with Crippen molar-refractivity contribution in [1.29, 1.82) is 0 Å². The van der Waals surface area contributed by atoms with Gasteiger partial charge in [0.2, 0.25) is 5.95 Å². The van der Waals surface area contributed by atoms with Gasteiger partial charge in [0.1, 0.15) is 11.6 Å². The number of carbonyl (C=O) groups excluding carboxylic acids is 1. The molecule has 0 spiro atoms. The molecule has 0 bridgehead atoms. The molecule has 1 saturated carbocycles. The fourth-order valence-electron chi connectivity index (χ4n) is 7.64. The van der Waals surface area contributed by atoms with Gasteiger partial charge >= 0.3 is 0 Å². The molecule has 2 aliphatic carbocycles. The molecule has 8 nitrogen and oxygen atoms in total. The minimum atomic E-state index is -0.128. The number of furan rings is 1. The number of benzene rings is 1. The Balaban J connectivity index is 0.980. The van der Waals surface area contributed by atoms with E-state index in [4.69, 9.17) is 9.15 Å². The highest BCUT2D eigenvalue weighted by Gasteiger charge is 2.37. The molecule has 248 valence electrons. The molecular weight excluding hydrogens is 574 g/mol. The number of nitrogens with one attached hydrogen (secondary N) is 3. The number of hydrogen-bond acceptors (Lipinski definition) is 7. The van der Waals surface area contributed by atoms with Crippen LogP contribution in [-0.2, 0) is 22.0 Å². The summed E-state index contributed by atoms with van der Waals surface area (Å²) in [4.78, 5) is 22.1. The molecule has 1 aromatic carbocycles. The van der Waals surface area contributed by atoms with Crippen LogP contribution in [0.5, 0.6) is 0 Å². The second-order valence-corrected chi connectivity index (χ2v) is 15.3. The molecule has 2 fully saturated rings. The first-order valence-corrected chi connectivity index (χ1v) is 17.5. The highest BCUT2D eigenvalue weighted by atomic mass is 16.5. The first kappa shape index (κ1) is 32.5. The number of anilines is 2. The molecule has 1 amide bonds. The van der Waals surface area contributed by atoms with Crippen molar-refractivity contribution in [2.24, 2.45) is 11.8 Å². The average Bonchev–Trinajstić information content (AvgIpc) is 3.74. The van der Waals surface area contributed by atoms with Crippen LogP contribution in [0.1, 0.15) is 118 Å². The van der Waals surface area contributed by atoms with Crippen LogP contribution in [0, 0.1) is 18.8 Å². The minimum absolute atomic E-state index is 0.128. The third kappa shape index (κ3) is 7.76. The summed E-state index contributed by atoms with van der Waals surface area (Å²) in [5.74, 6) is 3.55. The van der Waals surface area contributed by atoms with E-state index in [0.29, 0.717) is 36.5 Å². The van der Waals surface area contributed by atoms with Crippen molar-refractivity contribution in [3.8, 4) is 0 Å². The first-order valence-electron chi connectivity index (χ1n) is 17.5. The van der Waals surface area contributed by atoms with Crippen LogP contribution in [0.15, 0.2) is 40.9 Å². The van der Waals surface area contributed by atoms with Crippen LogP contribution in [0.4, 0.5) is 11.8 Å². The van der Waals surface area contributed by atoms with Gasteiger partial charge in [-0.15, -0.1) is 0 Å². The second kappa shape index (κ2) is 13.8. The van der Waals surface area contributed by atoms with Crippen molar-refractivity contribution in [2.75, 3.05) is 36.9 Å². The van der Waals surface area contributed by atoms with Crippen LogP contribution in [0.3, 0.4) is 0 Å². The van der Waals surface area contributed by atoms with E-state index in [9.17, 15) is 4.79 Å². The van der Waals surface area contributed by atoms with Gasteiger partial charge in [-0.2, -0.15) is 4.98 Å². The lowest BCUT2D eigenvalue weighted by molar-refractivity contribution is 0.0911. The molecule has 2 aromatic heterocycles. The largest absolute Gasteiger partial charge is 0.456 e. The van der Waals surface area contributed by atoms with Gasteiger partial charge in [-0.3, -0.25) is 4.79 Å². The zero-order chi connectivity index (χ0) is 32.3. The van der Waals surface area contributed by atoms with E-state index in [2.05, 4.69) is 72.7 Å². The number of ether oxygens (including phenoxy) is 1. The zero-order valence-corrected chi connectivity index (χ0v) is 28.5. The van der Waals surface area contributed by atoms with Gasteiger partial charge in [-0.25, -0.2) is 4.98 Å². The minimum Gasteiger partial charge on any atom is -0.456 e. The first-order chi connectivity index (χ1) is 22.1. The van der Waals surface area contributed by atoms with Gasteiger partial charge in [-0.05, 0) is 115 Å². The number of nitrogens with zero attached hydrogens (tertiary/aromatic N) is 2. The van der Waals surface area contributed by atoms with Gasteiger partial charge in [0.15, 0.2) is 5.76 Å². The van der Waals surface area contributed by atoms with Crippen molar-refractivity contribution >= 4 is 17.7 Å². The maximum atomic E-state index is 13.1. The predicted molar refractivity (Wildman–Crippen MR) is 184 cm³/mol. The highest BCUT2D eigenvalue weighted by Crippen LogP contribution is 2.46. The van der Waals surface area contributed by atoms with Gasteiger partial charge in [0.25, 0.3) is 5.91 Å². The zero-order valence-electron chi connectivity index (χ0n) is 28.5. The molecule has 46 heavy (non-hydrogen) atoms. The number of rotatable bonds is 11. The molecule has 6 rings (SSSR count). The van der Waals surface area contributed by atoms with Crippen molar-refractivity contribution in [3.63, 3.8) is 0 Å². The van der Waals surface area contributed by atoms with Gasteiger partial charge in [0.05, 0.1) is 6.10 Å². The standard InChI is InChI=1S/C38H53N5O3/c1-25-18-31-32(38(4,5)15-14-37(31,2)3)21-28(25)20-29-11-12-33(46-29)35(44)41-22-26-8-6-9-27(19-26)23-42-36-39-16-13-34(43-36)40-24-30-10-7-17-45-30/h11-13,16,18,21,26-27,30H,6-10,14-15,17,19-20,22-24H2,1-5H3,(H,41,44)(H2,39,40,42,43). The lowest BCUT2D eigenvalue weighted by Gasteiger charge is -2.42. The summed E-state index contributed by atoms with van der Waals surface area (Å²) in [5.41, 5.74) is 5.86. The van der Waals surface area contributed by atoms with Gasteiger partial charge in [0, 0.05) is 38.9 Å². The van der Waals surface area contributed by atoms with Crippen LogP contribution >= 0.6 is 0 Å². The molecule has 8 heteroatoms. The monoisotopic (exact) mass is 627 g/mol. The van der Waals surface area contributed by atoms with Gasteiger partial charge < -0.3 is 25.1 Å². The Labute approximate surface area is 274 Å². The topological polar surface area (TPSA) is 101 Å². The number of fused-ring (bicyclic) bond motifs is 1. The maximum absolute atomic E-state index is 13.1. The molecular formula is C38H53N5O3. The number of carbonyl (C=O) groups is 1. The van der Waals surface area contributed by atoms with Crippen molar-refractivity contribution < 1.29 is 13.9 Å². The quantitative estimate of drug-likeness (QED) is 0.202. The van der Waals surface area contributed by atoms with Crippen LogP contribution in [0.2, 0.25) is 0 Å². The number of aryl methyl sites for hydroxylation is 1. The smallest absolute Gasteiger partial charge is 0.287 e. The summed E-state index contributed by atoms with van der Waals surface area (Å²) in [6, 6.07) is 10.5. The molecule has 1 aliphatic heterocycles. The Morgan fingerprint density at radius 1 is 0.913 bits per heavy atom. The van der Waals surface area contributed by atoms with Crippen LogP contribution < -0.4 is 16.0 Å². The van der Waals surface area contributed by atoms with Crippen molar-refractivity contribution in [3.05, 3.63) is 70.3 Å². The Kier molecular flexibility index (Phi) is 9.74. The predicted octanol–water partition coefficient (Wildman–Crippen LogP) is 7.56. The number of aromatic nitrogens is 2. The third-order valence-corrected chi connectivity index (χ3v) is 10.7. The average molecular weight is 628 g/mol. The number of amides is 1. The molecule has 3 N–H and O–H groups in total. The maximum Gasteiger partial charge on any atom is 0.287 e. The van der Waals surface area contributed by atoms with E-state index >= 15 is 0 Å². The SMILES string of the molecule is Cc1cc2c(cc1Cc1ccc(C(=O)NCC3CCCC(CNc4nccc(NCC5CCCO5)n4)C3)o1)C(C)(C)CCC2(C)C. The fraction of sp³-hybridized carbons (Fsp3) is 0.605. The van der Waals surface area contributed by atoms with E-state index in [1.54, 1.807) is 6.20 Å². The second-order valence-electron chi connectivity index (χ2n) is 15.3. The van der Waals surface area contributed by atoms with E-state index in [1.165, 1.54) is 41.5 Å². The normalized spacial score (nSPS) is 23.5. The summed E-state index contributed by atoms with van der Waals surface area (Å²) in [5, 5.41) is 9.99. The number of hydrogen-bond donors (Lipinski definition) is 3. The summed E-state index contributed by atoms with van der Waals surface area (Å²) >= 11 is 0. The molecule has 3 unspecified atom stereocenters. The Bertz CT molecular complexity index is 1510. The molecule has 3 atom stereocenters. The van der Waals surface area contributed by atoms with E-state index in [-0.39, 0.29) is 22.8 Å². The molecule has 3 aromatic rings. The third-order valence-electron chi connectivity index (χ3n) is 10.7. The van der Waals surface area contributed by atoms with Crippen LogP contribution in [-0.4, -0.2) is 48.2 Å². The Hall–Kier alpha value is -3.39. The Morgan fingerprint density at radius 3 is 2.43 bits per heavy atom. The molecule has 0 radical (unpaired) electrons. The highest BCUT2D eigenvalue weighted by molar-refractivity contribution is 5.91. The summed E-state index contributed by atoms with van der Waals surface area (Å²) in [6.07, 6.45) is 11.9. The molecule has 3 aliphatic rings. The Morgan fingerprint density at radius 2 is 1.67 bits per heavy atom. The molecule has 3 heterocycles. The lowest BCUT2D eigenvalue weighted by Crippen LogP contribution is -2.34. The van der Waals surface area contributed by atoms with E-state index in [1.807, 2.05) is 18.2 Å². The summed E-state index contributed by atoms with van der Waals surface area (Å²) in [7, 11) is 0. The van der Waals surface area contributed by atoms with Gasteiger partial charge in [-0.1, -0.05) is 46.2 Å².